The predicted octanol–water partition coefficient (Wildman–Crippen LogP) is 0.893. The fraction of sp³-hybridized carbons (Fsp3) is 0.538. The third kappa shape index (κ3) is 3.14. The van der Waals surface area contributed by atoms with Gasteiger partial charge < -0.3 is 19.7 Å². The Morgan fingerprint density at radius 2 is 2.32 bits per heavy atom. The third-order valence-electron chi connectivity index (χ3n) is 3.26. The lowest BCUT2D eigenvalue weighted by molar-refractivity contribution is -0.139. The number of carbonyl (C=O) groups excluding carboxylic acids is 1. The number of carbonyl (C=O) groups is 2. The number of ether oxygens (including phenoxy) is 1. The molecule has 1 amide bonds. The van der Waals surface area contributed by atoms with Gasteiger partial charge in [0.15, 0.2) is 0 Å². The number of amides is 1. The minimum atomic E-state index is -0.922. The molecule has 0 radical (unpaired) electrons. The molecule has 1 aromatic rings. The Bertz CT molecular complexity index is 469. The number of carboxylic acids is 1. The molecule has 1 aromatic heterocycles. The van der Waals surface area contributed by atoms with Crippen LogP contribution in [0, 0.1) is 0 Å². The topological polar surface area (TPSA) is 82.6 Å². The highest BCUT2D eigenvalue weighted by atomic mass is 16.5. The number of hydrogen-bond donors (Lipinski definition) is 2. The second-order valence-electron chi connectivity index (χ2n) is 4.58. The summed E-state index contributed by atoms with van der Waals surface area (Å²) in [4.78, 5) is 27.8. The number of H-pyrrole nitrogens is 1. The summed E-state index contributed by atoms with van der Waals surface area (Å²) in [7, 11) is 0. The number of aryl methyl sites for hydroxylation is 1. The quantitative estimate of drug-likeness (QED) is 0.848. The van der Waals surface area contributed by atoms with Crippen molar-refractivity contribution in [1.82, 2.24) is 9.88 Å². The second-order valence-corrected chi connectivity index (χ2v) is 4.58. The molecular weight excluding hydrogens is 248 g/mol. The van der Waals surface area contributed by atoms with Gasteiger partial charge in [0.1, 0.15) is 5.69 Å². The molecule has 1 aliphatic heterocycles. The minimum Gasteiger partial charge on any atom is -0.481 e. The monoisotopic (exact) mass is 266 g/mol. The van der Waals surface area contributed by atoms with E-state index in [2.05, 4.69) is 4.98 Å². The van der Waals surface area contributed by atoms with Crippen LogP contribution in [0.2, 0.25) is 0 Å². The molecule has 0 aromatic carbocycles. The van der Waals surface area contributed by atoms with Gasteiger partial charge in [-0.1, -0.05) is 6.92 Å². The SMILES string of the molecule is CCc1ccc(C(=O)N2CCOC[C@H]2CC(=O)O)[nH]1. The van der Waals surface area contributed by atoms with Crippen molar-refractivity contribution in [3.05, 3.63) is 23.5 Å². The average molecular weight is 266 g/mol. The largest absolute Gasteiger partial charge is 0.481 e. The molecule has 0 unspecified atom stereocenters. The van der Waals surface area contributed by atoms with Crippen LogP contribution < -0.4 is 0 Å². The lowest BCUT2D eigenvalue weighted by Gasteiger charge is -2.34. The maximum absolute atomic E-state index is 12.4. The van der Waals surface area contributed by atoms with Gasteiger partial charge in [-0.15, -0.1) is 0 Å². The summed E-state index contributed by atoms with van der Waals surface area (Å²) in [6, 6.07) is 3.22. The Morgan fingerprint density at radius 3 is 2.95 bits per heavy atom. The highest BCUT2D eigenvalue weighted by molar-refractivity contribution is 5.93. The summed E-state index contributed by atoms with van der Waals surface area (Å²) in [5, 5.41) is 8.88. The van der Waals surface area contributed by atoms with Gasteiger partial charge in [-0.3, -0.25) is 9.59 Å². The van der Waals surface area contributed by atoms with E-state index in [4.69, 9.17) is 9.84 Å². The zero-order valence-electron chi connectivity index (χ0n) is 10.9. The molecule has 1 fully saturated rings. The number of nitrogens with one attached hydrogen (secondary N) is 1. The molecule has 0 bridgehead atoms. The van der Waals surface area contributed by atoms with Crippen LogP contribution in [0.25, 0.3) is 0 Å². The van der Waals surface area contributed by atoms with Gasteiger partial charge in [-0.2, -0.15) is 0 Å². The fourth-order valence-corrected chi connectivity index (χ4v) is 2.22. The van der Waals surface area contributed by atoms with Crippen LogP contribution in [-0.4, -0.2) is 52.7 Å². The molecule has 6 nitrogen and oxygen atoms in total. The number of aromatic nitrogens is 1. The van der Waals surface area contributed by atoms with Crippen LogP contribution in [0.15, 0.2) is 12.1 Å². The Balaban J connectivity index is 2.12. The van der Waals surface area contributed by atoms with Crippen LogP contribution in [0.5, 0.6) is 0 Å². The normalized spacial score (nSPS) is 19.4. The highest BCUT2D eigenvalue weighted by Crippen LogP contribution is 2.15. The van der Waals surface area contributed by atoms with E-state index in [0.29, 0.717) is 18.8 Å². The Hall–Kier alpha value is -1.82. The second kappa shape index (κ2) is 5.88. The van der Waals surface area contributed by atoms with Crippen molar-refractivity contribution in [1.29, 1.82) is 0 Å². The van der Waals surface area contributed by atoms with Crippen LogP contribution in [0.1, 0.15) is 29.5 Å². The van der Waals surface area contributed by atoms with Crippen molar-refractivity contribution < 1.29 is 19.4 Å². The van der Waals surface area contributed by atoms with Crippen molar-refractivity contribution in [3.63, 3.8) is 0 Å². The van der Waals surface area contributed by atoms with Crippen molar-refractivity contribution in [2.24, 2.45) is 0 Å². The van der Waals surface area contributed by atoms with Crippen LogP contribution in [0.3, 0.4) is 0 Å². The van der Waals surface area contributed by atoms with E-state index >= 15 is 0 Å². The van der Waals surface area contributed by atoms with Gasteiger partial charge in [0.05, 0.1) is 25.7 Å². The van der Waals surface area contributed by atoms with Crippen molar-refractivity contribution in [2.45, 2.75) is 25.8 Å². The Kier molecular flexibility index (Phi) is 4.21. The number of aromatic amines is 1. The highest BCUT2D eigenvalue weighted by Gasteiger charge is 2.30. The molecule has 0 aliphatic carbocycles. The number of hydrogen-bond acceptors (Lipinski definition) is 3. The Morgan fingerprint density at radius 1 is 1.53 bits per heavy atom. The Labute approximate surface area is 111 Å². The molecule has 2 rings (SSSR count). The van der Waals surface area contributed by atoms with Crippen molar-refractivity contribution in [2.75, 3.05) is 19.8 Å². The molecule has 19 heavy (non-hydrogen) atoms. The summed E-state index contributed by atoms with van der Waals surface area (Å²) in [5.41, 5.74) is 1.50. The molecule has 0 spiro atoms. The molecule has 0 saturated carbocycles. The lowest BCUT2D eigenvalue weighted by Crippen LogP contribution is -2.49. The van der Waals surface area contributed by atoms with E-state index < -0.39 is 12.0 Å². The first-order valence-electron chi connectivity index (χ1n) is 6.40. The van der Waals surface area contributed by atoms with Crippen molar-refractivity contribution >= 4 is 11.9 Å². The number of rotatable bonds is 4. The summed E-state index contributed by atoms with van der Waals surface area (Å²) in [6.45, 7) is 3.15. The van der Waals surface area contributed by atoms with Crippen LogP contribution in [-0.2, 0) is 16.0 Å². The minimum absolute atomic E-state index is 0.0902. The summed E-state index contributed by atoms with van der Waals surface area (Å²) >= 11 is 0. The number of aliphatic carboxylic acids is 1. The third-order valence-corrected chi connectivity index (χ3v) is 3.26. The van der Waals surface area contributed by atoms with Crippen molar-refractivity contribution in [3.8, 4) is 0 Å². The summed E-state index contributed by atoms with van der Waals surface area (Å²) < 4.78 is 5.26. The van der Waals surface area contributed by atoms with Gasteiger partial charge in [0.25, 0.3) is 5.91 Å². The molecule has 2 heterocycles. The van der Waals surface area contributed by atoms with Gasteiger partial charge in [0, 0.05) is 12.2 Å². The number of morpholine rings is 1. The fourth-order valence-electron chi connectivity index (χ4n) is 2.22. The van der Waals surface area contributed by atoms with Gasteiger partial charge in [-0.05, 0) is 18.6 Å². The average Bonchev–Trinajstić information content (AvgIpc) is 2.86. The lowest BCUT2D eigenvalue weighted by atomic mass is 10.1. The first-order valence-corrected chi connectivity index (χ1v) is 6.40. The van der Waals surface area contributed by atoms with Gasteiger partial charge >= 0.3 is 5.97 Å². The van der Waals surface area contributed by atoms with E-state index in [1.165, 1.54) is 0 Å². The number of nitrogens with zero attached hydrogens (tertiary/aromatic N) is 1. The molecular formula is C13H18N2O4. The molecule has 1 atom stereocenters. The van der Waals surface area contributed by atoms with Crippen LogP contribution in [0.4, 0.5) is 0 Å². The molecule has 2 N–H and O–H groups in total. The smallest absolute Gasteiger partial charge is 0.305 e. The summed E-state index contributed by atoms with van der Waals surface area (Å²) in [5.74, 6) is -1.08. The van der Waals surface area contributed by atoms with Crippen LogP contribution >= 0.6 is 0 Å². The van der Waals surface area contributed by atoms with Gasteiger partial charge in [0.2, 0.25) is 0 Å². The zero-order chi connectivity index (χ0) is 13.8. The first-order chi connectivity index (χ1) is 9.11. The zero-order valence-corrected chi connectivity index (χ0v) is 10.9. The van der Waals surface area contributed by atoms with E-state index in [0.717, 1.165) is 12.1 Å². The molecule has 1 aliphatic rings. The predicted molar refractivity (Wildman–Crippen MR) is 68.1 cm³/mol. The summed E-state index contributed by atoms with van der Waals surface area (Å²) in [6.07, 6.45) is 0.738. The van der Waals surface area contributed by atoms with E-state index in [1.54, 1.807) is 11.0 Å². The van der Waals surface area contributed by atoms with E-state index in [-0.39, 0.29) is 18.9 Å². The van der Waals surface area contributed by atoms with E-state index in [1.807, 2.05) is 13.0 Å². The number of carboxylic acid groups (broad SMARTS) is 1. The maximum Gasteiger partial charge on any atom is 0.305 e. The first kappa shape index (κ1) is 13.6. The standard InChI is InChI=1S/C13H18N2O4/c1-2-9-3-4-11(14-9)13(18)15-5-6-19-8-10(15)7-12(16)17/h3-4,10,14H,2,5-8H2,1H3,(H,16,17)/t10-/m1/s1. The molecule has 6 heteroatoms. The van der Waals surface area contributed by atoms with Gasteiger partial charge in [-0.25, -0.2) is 0 Å². The molecule has 104 valence electrons. The maximum atomic E-state index is 12.4. The van der Waals surface area contributed by atoms with E-state index in [9.17, 15) is 9.59 Å². The molecule has 1 saturated heterocycles.